The van der Waals surface area contributed by atoms with Crippen molar-refractivity contribution in [1.29, 1.82) is 0 Å². The molecule has 2 aliphatic rings. The quantitative estimate of drug-likeness (QED) is 0.721. The first-order valence-corrected chi connectivity index (χ1v) is 8.25. The van der Waals surface area contributed by atoms with Crippen LogP contribution in [0.25, 0.3) is 0 Å². The summed E-state index contributed by atoms with van der Waals surface area (Å²) in [5, 5.41) is 9.05. The molecule has 23 heavy (non-hydrogen) atoms. The number of fused-ring (bicyclic) bond motifs is 1. The zero-order valence-corrected chi connectivity index (χ0v) is 14.6. The monoisotopic (exact) mass is 399 g/mol. The minimum absolute atomic E-state index is 0.211. The molecule has 1 saturated heterocycles. The molecule has 3 rings (SSSR count). The van der Waals surface area contributed by atoms with Gasteiger partial charge in [0.25, 0.3) is 5.91 Å². The van der Waals surface area contributed by atoms with E-state index in [4.69, 9.17) is 16.3 Å². The Hall–Kier alpha value is -1.57. The Morgan fingerprint density at radius 1 is 1.52 bits per heavy atom. The largest absolute Gasteiger partial charge is 0.478 e. The molecule has 3 N–H and O–H groups in total. The van der Waals surface area contributed by atoms with E-state index < -0.39 is 12.1 Å². The van der Waals surface area contributed by atoms with Crippen molar-refractivity contribution < 1.29 is 14.3 Å². The van der Waals surface area contributed by atoms with Crippen molar-refractivity contribution in [3.8, 4) is 0 Å². The van der Waals surface area contributed by atoms with Crippen LogP contribution < -0.4 is 16.0 Å². The van der Waals surface area contributed by atoms with Crippen molar-refractivity contribution in [3.63, 3.8) is 0 Å². The molecule has 8 heteroatoms. The van der Waals surface area contributed by atoms with E-state index in [-0.39, 0.29) is 18.4 Å². The molecule has 1 aromatic carbocycles. The first-order chi connectivity index (χ1) is 11.0. The first kappa shape index (κ1) is 16.3. The van der Waals surface area contributed by atoms with Crippen LogP contribution in [0.15, 0.2) is 34.0 Å². The van der Waals surface area contributed by atoms with Crippen molar-refractivity contribution in [1.82, 2.24) is 16.0 Å². The smallest absolute Gasteiger partial charge is 0.251 e. The second-order valence-corrected chi connectivity index (χ2v) is 6.65. The fourth-order valence-electron chi connectivity index (χ4n) is 2.71. The van der Waals surface area contributed by atoms with E-state index in [2.05, 4.69) is 31.9 Å². The fraction of sp³-hybridized carbons (Fsp3) is 0.333. The molecule has 2 unspecified atom stereocenters. The third-order valence-electron chi connectivity index (χ3n) is 3.84. The Bertz CT molecular complexity index is 707. The summed E-state index contributed by atoms with van der Waals surface area (Å²) in [4.78, 5) is 24.5. The lowest BCUT2D eigenvalue weighted by Gasteiger charge is -2.26. The maximum atomic E-state index is 12.5. The molecule has 0 radical (unpaired) electrons. The molecule has 1 fully saturated rings. The topological polar surface area (TPSA) is 79.5 Å². The van der Waals surface area contributed by atoms with Crippen LogP contribution in [0.3, 0.4) is 0 Å². The van der Waals surface area contributed by atoms with E-state index in [9.17, 15) is 9.59 Å². The van der Waals surface area contributed by atoms with E-state index in [0.29, 0.717) is 23.0 Å². The molecule has 0 aromatic heterocycles. The van der Waals surface area contributed by atoms with Crippen molar-refractivity contribution in [2.75, 3.05) is 6.67 Å². The lowest BCUT2D eigenvalue weighted by Crippen LogP contribution is -2.55. The van der Waals surface area contributed by atoms with Gasteiger partial charge in [-0.1, -0.05) is 33.6 Å². The van der Waals surface area contributed by atoms with E-state index in [0.717, 1.165) is 10.0 Å². The van der Waals surface area contributed by atoms with Gasteiger partial charge in [-0.25, -0.2) is 0 Å². The zero-order valence-electron chi connectivity index (χ0n) is 12.3. The van der Waals surface area contributed by atoms with Crippen molar-refractivity contribution in [3.05, 3.63) is 44.6 Å². The molecular weight excluding hydrogens is 386 g/mol. The number of amides is 2. The van der Waals surface area contributed by atoms with Crippen LogP contribution in [0.5, 0.6) is 0 Å². The maximum absolute atomic E-state index is 12.5. The zero-order chi connectivity index (χ0) is 16.6. The first-order valence-electron chi connectivity index (χ1n) is 7.08. The number of nitrogens with one attached hydrogen (secondary N) is 3. The fourth-order valence-corrected chi connectivity index (χ4v) is 3.45. The van der Waals surface area contributed by atoms with Gasteiger partial charge in [0.05, 0.1) is 12.2 Å². The predicted molar refractivity (Wildman–Crippen MR) is 88.2 cm³/mol. The van der Waals surface area contributed by atoms with Gasteiger partial charge in [0.15, 0.2) is 6.23 Å². The number of benzene rings is 1. The third-order valence-corrected chi connectivity index (χ3v) is 4.69. The van der Waals surface area contributed by atoms with Crippen LogP contribution in [0.1, 0.15) is 12.5 Å². The summed E-state index contributed by atoms with van der Waals surface area (Å²) < 4.78 is 6.44. The van der Waals surface area contributed by atoms with Crippen LogP contribution in [0, 0.1) is 5.92 Å². The van der Waals surface area contributed by atoms with Gasteiger partial charge in [-0.3, -0.25) is 14.9 Å². The van der Waals surface area contributed by atoms with Gasteiger partial charge in [0.1, 0.15) is 11.7 Å². The third kappa shape index (κ3) is 3.22. The van der Waals surface area contributed by atoms with E-state index in [1.807, 2.05) is 12.1 Å². The van der Waals surface area contributed by atoms with Gasteiger partial charge >= 0.3 is 0 Å². The standard InChI is InChI=1S/C15H15BrClN3O3/c1-7-11(12-14(22)19-6-20-15(12)23-7)13(21)18-5-8-2-3-9(16)4-10(8)17/h2-4,12,15,20H,5-6H2,1H3,(H,18,21)(H,19,22). The Morgan fingerprint density at radius 3 is 3.04 bits per heavy atom. The molecule has 2 heterocycles. The molecule has 0 spiro atoms. The van der Waals surface area contributed by atoms with Gasteiger partial charge < -0.3 is 15.4 Å². The van der Waals surface area contributed by atoms with Crippen LogP contribution in [0.2, 0.25) is 5.02 Å². The minimum atomic E-state index is -0.635. The number of carbonyl (C=O) groups is 2. The molecule has 0 saturated carbocycles. The summed E-state index contributed by atoms with van der Waals surface area (Å²) in [5.41, 5.74) is 1.15. The number of ether oxygens (including phenoxy) is 1. The second kappa shape index (κ2) is 6.51. The number of allylic oxidation sites excluding steroid dienone is 1. The minimum Gasteiger partial charge on any atom is -0.478 e. The molecule has 1 aromatic rings. The molecule has 0 aliphatic carbocycles. The summed E-state index contributed by atoms with van der Waals surface area (Å²) in [6.45, 7) is 2.29. The van der Waals surface area contributed by atoms with Crippen LogP contribution in [-0.2, 0) is 20.9 Å². The lowest BCUT2D eigenvalue weighted by atomic mass is 9.95. The molecule has 0 bridgehead atoms. The molecule has 2 atom stereocenters. The summed E-state index contributed by atoms with van der Waals surface area (Å²) in [5.74, 6) is -0.710. The van der Waals surface area contributed by atoms with Crippen LogP contribution in [-0.4, -0.2) is 24.7 Å². The van der Waals surface area contributed by atoms with Gasteiger partial charge in [0.2, 0.25) is 5.91 Å². The number of halogens is 2. The molecule has 6 nitrogen and oxygen atoms in total. The number of hydrogen-bond acceptors (Lipinski definition) is 4. The van der Waals surface area contributed by atoms with Crippen molar-refractivity contribution in [2.45, 2.75) is 19.7 Å². The maximum Gasteiger partial charge on any atom is 0.251 e. The van der Waals surface area contributed by atoms with Crippen LogP contribution in [0.4, 0.5) is 0 Å². The normalized spacial score (nSPS) is 23.2. The molecule has 2 amide bonds. The van der Waals surface area contributed by atoms with Gasteiger partial charge in [-0.05, 0) is 24.6 Å². The number of carbonyl (C=O) groups excluding carboxylic acids is 2. The van der Waals surface area contributed by atoms with E-state index in [1.54, 1.807) is 13.0 Å². The highest BCUT2D eigenvalue weighted by molar-refractivity contribution is 9.10. The second-order valence-electron chi connectivity index (χ2n) is 5.33. The SMILES string of the molecule is CC1=C(C(=O)NCc2ccc(Br)cc2Cl)C2C(=O)NCNC2O1. The Morgan fingerprint density at radius 2 is 2.30 bits per heavy atom. The average Bonchev–Trinajstić information content (AvgIpc) is 2.83. The van der Waals surface area contributed by atoms with Crippen molar-refractivity contribution in [2.24, 2.45) is 5.92 Å². The van der Waals surface area contributed by atoms with Crippen LogP contribution >= 0.6 is 27.5 Å². The summed E-state index contributed by atoms with van der Waals surface area (Å²) in [6.07, 6.45) is -0.485. The van der Waals surface area contributed by atoms with E-state index >= 15 is 0 Å². The number of rotatable bonds is 3. The number of hydrogen-bond donors (Lipinski definition) is 3. The summed E-state index contributed by atoms with van der Waals surface area (Å²) in [7, 11) is 0. The Balaban J connectivity index is 1.72. The highest BCUT2D eigenvalue weighted by Crippen LogP contribution is 2.31. The van der Waals surface area contributed by atoms with Gasteiger partial charge in [0, 0.05) is 16.0 Å². The molecule has 122 valence electrons. The van der Waals surface area contributed by atoms with Crippen molar-refractivity contribution >= 4 is 39.3 Å². The average molecular weight is 401 g/mol. The Kier molecular flexibility index (Phi) is 4.61. The summed E-state index contributed by atoms with van der Waals surface area (Å²) >= 11 is 9.48. The highest BCUT2D eigenvalue weighted by atomic mass is 79.9. The lowest BCUT2D eigenvalue weighted by molar-refractivity contribution is -0.131. The molecule has 2 aliphatic heterocycles. The predicted octanol–water partition coefficient (Wildman–Crippen LogP) is 1.64. The van der Waals surface area contributed by atoms with Gasteiger partial charge in [-0.2, -0.15) is 0 Å². The highest BCUT2D eigenvalue weighted by Gasteiger charge is 2.45. The van der Waals surface area contributed by atoms with Gasteiger partial charge in [-0.15, -0.1) is 0 Å². The molecular formula is C15H15BrClN3O3. The van der Waals surface area contributed by atoms with E-state index in [1.165, 1.54) is 0 Å². The summed E-state index contributed by atoms with van der Waals surface area (Å²) in [6, 6.07) is 5.45. The Labute approximate surface area is 146 Å².